The summed E-state index contributed by atoms with van der Waals surface area (Å²) in [5.74, 6) is 0.0576. The molecule has 2 heterocycles. The number of amides is 2. The normalized spacial score (nSPS) is 20.6. The summed E-state index contributed by atoms with van der Waals surface area (Å²) < 4.78 is 10.8. The van der Waals surface area contributed by atoms with Crippen LogP contribution in [0, 0.1) is 0 Å². The lowest BCUT2D eigenvalue weighted by Crippen LogP contribution is -2.58. The molecule has 0 aromatic heterocycles. The van der Waals surface area contributed by atoms with E-state index in [1.807, 2.05) is 36.4 Å². The van der Waals surface area contributed by atoms with Crippen molar-refractivity contribution in [3.63, 3.8) is 0 Å². The second kappa shape index (κ2) is 8.41. The lowest BCUT2D eigenvalue weighted by Gasteiger charge is -2.41. The van der Waals surface area contributed by atoms with E-state index in [2.05, 4.69) is 0 Å². The maximum atomic E-state index is 13.2. The van der Waals surface area contributed by atoms with Gasteiger partial charge in [0.2, 0.25) is 5.91 Å². The minimum Gasteiger partial charge on any atom is -0.497 e. The Kier molecular flexibility index (Phi) is 5.67. The molecule has 0 saturated carbocycles. The van der Waals surface area contributed by atoms with Gasteiger partial charge in [-0.3, -0.25) is 9.59 Å². The Balaban J connectivity index is 1.36. The van der Waals surface area contributed by atoms with Gasteiger partial charge in [-0.25, -0.2) is 4.79 Å². The minimum atomic E-state index is -1.22. The summed E-state index contributed by atoms with van der Waals surface area (Å²) in [5, 5.41) is 0. The predicted octanol–water partition coefficient (Wildman–Crippen LogP) is 2.08. The fourth-order valence-corrected chi connectivity index (χ4v) is 4.21. The Morgan fingerprint density at radius 3 is 2.48 bits per heavy atom. The zero-order valence-corrected chi connectivity index (χ0v) is 17.8. The molecule has 7 heteroatoms. The average Bonchev–Trinajstić information content (AvgIpc) is 2.78. The molecular formula is C24H26N2O5. The lowest BCUT2D eigenvalue weighted by molar-refractivity contribution is -0.154. The molecule has 7 nitrogen and oxygen atoms in total. The Bertz CT molecular complexity index is 1010. The van der Waals surface area contributed by atoms with Crippen molar-refractivity contribution in [3.8, 4) is 5.75 Å². The molecule has 4 rings (SSSR count). The molecule has 0 spiro atoms. The largest absolute Gasteiger partial charge is 0.497 e. The first kappa shape index (κ1) is 20.9. The van der Waals surface area contributed by atoms with Gasteiger partial charge in [-0.15, -0.1) is 0 Å². The Hall–Kier alpha value is -3.35. The monoisotopic (exact) mass is 422 g/mol. The highest BCUT2D eigenvalue weighted by Gasteiger charge is 2.45. The van der Waals surface area contributed by atoms with Gasteiger partial charge in [0.15, 0.2) is 5.60 Å². The number of rotatable bonds is 4. The molecular weight excluding hydrogens is 396 g/mol. The third-order valence-electron chi connectivity index (χ3n) is 5.94. The van der Waals surface area contributed by atoms with Crippen LogP contribution in [0.2, 0.25) is 0 Å². The molecule has 0 radical (unpaired) electrons. The maximum Gasteiger partial charge on any atom is 0.339 e. The van der Waals surface area contributed by atoms with Crippen molar-refractivity contribution >= 4 is 17.8 Å². The van der Waals surface area contributed by atoms with Crippen LogP contribution in [0.5, 0.6) is 5.75 Å². The number of piperazine rings is 1. The summed E-state index contributed by atoms with van der Waals surface area (Å²) in [5.41, 5.74) is 1.00. The van der Waals surface area contributed by atoms with Crippen LogP contribution >= 0.6 is 0 Å². The van der Waals surface area contributed by atoms with E-state index in [0.29, 0.717) is 38.2 Å². The van der Waals surface area contributed by atoms with E-state index >= 15 is 0 Å². The number of hydrogen-bond acceptors (Lipinski definition) is 5. The maximum absolute atomic E-state index is 13.2. The molecule has 2 aromatic carbocycles. The van der Waals surface area contributed by atoms with Gasteiger partial charge in [0.05, 0.1) is 19.1 Å². The van der Waals surface area contributed by atoms with Gasteiger partial charge < -0.3 is 19.3 Å². The number of ether oxygens (including phenoxy) is 2. The number of cyclic esters (lactones) is 1. The third kappa shape index (κ3) is 4.26. The van der Waals surface area contributed by atoms with Crippen molar-refractivity contribution in [2.75, 3.05) is 33.3 Å². The van der Waals surface area contributed by atoms with Gasteiger partial charge in [-0.05, 0) is 36.2 Å². The minimum absolute atomic E-state index is 0.0181. The van der Waals surface area contributed by atoms with Crippen molar-refractivity contribution in [1.82, 2.24) is 9.80 Å². The van der Waals surface area contributed by atoms with Crippen LogP contribution in [-0.4, -0.2) is 66.5 Å². The molecule has 0 N–H and O–H groups in total. The fourth-order valence-electron chi connectivity index (χ4n) is 4.21. The summed E-state index contributed by atoms with van der Waals surface area (Å²) >= 11 is 0. The van der Waals surface area contributed by atoms with Crippen molar-refractivity contribution in [1.29, 1.82) is 0 Å². The van der Waals surface area contributed by atoms with E-state index in [-0.39, 0.29) is 18.2 Å². The molecule has 1 fully saturated rings. The van der Waals surface area contributed by atoms with Crippen molar-refractivity contribution < 1.29 is 23.9 Å². The third-order valence-corrected chi connectivity index (χ3v) is 5.94. The van der Waals surface area contributed by atoms with Crippen molar-refractivity contribution in [3.05, 3.63) is 65.2 Å². The highest BCUT2D eigenvalue weighted by molar-refractivity contribution is 5.97. The number of nitrogens with zero attached hydrogens (tertiary/aromatic N) is 2. The molecule has 2 amide bonds. The highest BCUT2D eigenvalue weighted by Crippen LogP contribution is 2.30. The standard InChI is InChI=1S/C24H26N2O5/c1-24(16-18-7-3-4-9-20(18)22(28)31-24)23(29)26-12-10-25(11-13-26)21(27)15-17-6-5-8-19(14-17)30-2/h3-9,14H,10-13,15-16H2,1-2H3. The van der Waals surface area contributed by atoms with Gasteiger partial charge >= 0.3 is 5.97 Å². The first-order valence-electron chi connectivity index (χ1n) is 10.4. The van der Waals surface area contributed by atoms with Crippen molar-refractivity contribution in [2.45, 2.75) is 25.4 Å². The molecule has 1 atom stereocenters. The number of carbonyl (C=O) groups excluding carboxylic acids is 3. The van der Waals surface area contributed by atoms with E-state index in [1.165, 1.54) is 0 Å². The average molecular weight is 422 g/mol. The molecule has 2 aromatic rings. The second-order valence-corrected chi connectivity index (χ2v) is 8.16. The predicted molar refractivity (Wildman–Crippen MR) is 114 cm³/mol. The van der Waals surface area contributed by atoms with E-state index in [0.717, 1.165) is 16.9 Å². The van der Waals surface area contributed by atoms with Gasteiger partial charge in [0.25, 0.3) is 5.91 Å². The topological polar surface area (TPSA) is 76.2 Å². The van der Waals surface area contributed by atoms with E-state index in [1.54, 1.807) is 36.0 Å². The Morgan fingerprint density at radius 1 is 1.03 bits per heavy atom. The summed E-state index contributed by atoms with van der Waals surface area (Å²) in [7, 11) is 1.60. The summed E-state index contributed by atoms with van der Waals surface area (Å²) in [6, 6.07) is 14.7. The SMILES string of the molecule is COc1cccc(CC(=O)N2CCN(C(=O)C3(C)Cc4ccccc4C(=O)O3)CC2)c1. The molecule has 0 aliphatic carbocycles. The van der Waals surface area contributed by atoms with E-state index < -0.39 is 11.6 Å². The van der Waals surface area contributed by atoms with Crippen LogP contribution in [0.25, 0.3) is 0 Å². The molecule has 31 heavy (non-hydrogen) atoms. The van der Waals surface area contributed by atoms with Crippen LogP contribution in [0.4, 0.5) is 0 Å². The van der Waals surface area contributed by atoms with Crippen LogP contribution in [0.15, 0.2) is 48.5 Å². The molecule has 162 valence electrons. The molecule has 2 aliphatic rings. The summed E-state index contributed by atoms with van der Waals surface area (Å²) in [6.07, 6.45) is 0.639. The fraction of sp³-hybridized carbons (Fsp3) is 0.375. The molecule has 1 unspecified atom stereocenters. The zero-order chi connectivity index (χ0) is 22.0. The van der Waals surface area contributed by atoms with Gasteiger partial charge in [-0.2, -0.15) is 0 Å². The number of esters is 1. The number of benzene rings is 2. The number of methoxy groups -OCH3 is 1. The lowest BCUT2D eigenvalue weighted by atomic mass is 9.88. The van der Waals surface area contributed by atoms with Gasteiger partial charge in [0.1, 0.15) is 5.75 Å². The van der Waals surface area contributed by atoms with E-state index in [9.17, 15) is 14.4 Å². The van der Waals surface area contributed by atoms with Gasteiger partial charge in [-0.1, -0.05) is 30.3 Å². The first-order chi connectivity index (χ1) is 14.9. The molecule has 2 aliphatic heterocycles. The van der Waals surface area contributed by atoms with Crippen LogP contribution in [0.1, 0.15) is 28.4 Å². The number of hydrogen-bond donors (Lipinski definition) is 0. The van der Waals surface area contributed by atoms with E-state index in [4.69, 9.17) is 9.47 Å². The van der Waals surface area contributed by atoms with Crippen LogP contribution in [-0.2, 0) is 27.2 Å². The molecule has 1 saturated heterocycles. The van der Waals surface area contributed by atoms with Crippen molar-refractivity contribution in [2.24, 2.45) is 0 Å². The number of carbonyl (C=O) groups is 3. The zero-order valence-electron chi connectivity index (χ0n) is 17.8. The van der Waals surface area contributed by atoms with Gasteiger partial charge in [0, 0.05) is 32.6 Å². The smallest absolute Gasteiger partial charge is 0.339 e. The molecule has 0 bridgehead atoms. The second-order valence-electron chi connectivity index (χ2n) is 8.16. The summed E-state index contributed by atoms with van der Waals surface area (Å²) in [6.45, 7) is 3.41. The Labute approximate surface area is 181 Å². The quantitative estimate of drug-likeness (QED) is 0.706. The first-order valence-corrected chi connectivity index (χ1v) is 10.4. The Morgan fingerprint density at radius 2 is 1.74 bits per heavy atom. The van der Waals surface area contributed by atoms with Crippen LogP contribution in [0.3, 0.4) is 0 Å². The highest BCUT2D eigenvalue weighted by atomic mass is 16.6. The van der Waals surface area contributed by atoms with Crippen LogP contribution < -0.4 is 4.74 Å². The summed E-state index contributed by atoms with van der Waals surface area (Å²) in [4.78, 5) is 41.8. The number of fused-ring (bicyclic) bond motifs is 1.